The second-order valence-corrected chi connectivity index (χ2v) is 12.6. The Hall–Kier alpha value is -3.56. The molecule has 0 fully saturated rings. The van der Waals surface area contributed by atoms with Gasteiger partial charge in [-0.2, -0.15) is 17.6 Å². The number of hydrogen-bond donors (Lipinski definition) is 2. The van der Waals surface area contributed by atoms with E-state index in [1.165, 1.54) is 12.1 Å². The van der Waals surface area contributed by atoms with Gasteiger partial charge in [-0.05, 0) is 76.3 Å². The maximum Gasteiger partial charge on any atom is 0.204 e. The molecule has 0 bridgehead atoms. The highest BCUT2D eigenvalue weighted by atomic mass is 19.2. The van der Waals surface area contributed by atoms with Crippen LogP contribution in [0.5, 0.6) is 23.0 Å². The van der Waals surface area contributed by atoms with E-state index in [0.29, 0.717) is 30.4 Å². The highest BCUT2D eigenvalue weighted by Gasteiger charge is 2.29. The Morgan fingerprint density at radius 1 is 0.735 bits per heavy atom. The molecule has 4 rings (SSSR count). The first-order valence-corrected chi connectivity index (χ1v) is 17.9. The molecular weight excluding hydrogens is 636 g/mol. The van der Waals surface area contributed by atoms with Crippen molar-refractivity contribution in [3.05, 3.63) is 46.5 Å². The Morgan fingerprint density at radius 2 is 1.24 bits per heavy atom. The minimum Gasteiger partial charge on any atom is -0.505 e. The fourth-order valence-electron chi connectivity index (χ4n) is 5.68. The molecule has 9 heteroatoms. The smallest absolute Gasteiger partial charge is 0.204 e. The summed E-state index contributed by atoms with van der Waals surface area (Å²) in [5.74, 6) is -0.297. The molecule has 2 N–H and O–H groups in total. The number of benzene rings is 2. The van der Waals surface area contributed by atoms with Gasteiger partial charge in [0.25, 0.3) is 0 Å². The SMILES string of the molecule is C#CC(CCC)Oc1cc2c(c(F)c1F)OC(CCCCC)CC2.C#CC(O)CCC.CCCCCC1CCc2cc(O)c(F)c(F)c2O1. The summed E-state index contributed by atoms with van der Waals surface area (Å²) >= 11 is 0. The second kappa shape index (κ2) is 22.2. The van der Waals surface area contributed by atoms with Crippen LogP contribution in [0.2, 0.25) is 0 Å². The van der Waals surface area contributed by atoms with Gasteiger partial charge in [-0.3, -0.25) is 0 Å². The van der Waals surface area contributed by atoms with Crippen molar-refractivity contribution in [3.8, 4) is 47.7 Å². The van der Waals surface area contributed by atoms with E-state index in [9.17, 15) is 22.7 Å². The summed E-state index contributed by atoms with van der Waals surface area (Å²) in [7, 11) is 0. The van der Waals surface area contributed by atoms with Crippen LogP contribution < -0.4 is 14.2 Å². The van der Waals surface area contributed by atoms with Crippen LogP contribution in [0, 0.1) is 48.0 Å². The summed E-state index contributed by atoms with van der Waals surface area (Å²) in [4.78, 5) is 0. The van der Waals surface area contributed by atoms with Crippen LogP contribution >= 0.6 is 0 Å². The first-order valence-electron chi connectivity index (χ1n) is 17.9. The second-order valence-electron chi connectivity index (χ2n) is 12.6. The van der Waals surface area contributed by atoms with Crippen molar-refractivity contribution in [2.75, 3.05) is 0 Å². The van der Waals surface area contributed by atoms with Crippen LogP contribution in [0.25, 0.3) is 0 Å². The van der Waals surface area contributed by atoms with Crippen LogP contribution in [0.4, 0.5) is 17.6 Å². The largest absolute Gasteiger partial charge is 0.505 e. The quantitative estimate of drug-likeness (QED) is 0.117. The van der Waals surface area contributed by atoms with Gasteiger partial charge < -0.3 is 24.4 Å². The number of phenolic OH excluding ortho intramolecular Hbond substituents is 1. The summed E-state index contributed by atoms with van der Waals surface area (Å²) < 4.78 is 72.3. The zero-order valence-corrected chi connectivity index (χ0v) is 29.6. The molecule has 0 saturated carbocycles. The lowest BCUT2D eigenvalue weighted by molar-refractivity contribution is 0.148. The van der Waals surface area contributed by atoms with E-state index >= 15 is 0 Å². The third kappa shape index (κ3) is 13.0. The molecule has 4 atom stereocenters. The number of ether oxygens (including phenoxy) is 3. The Morgan fingerprint density at radius 3 is 1.69 bits per heavy atom. The zero-order valence-electron chi connectivity index (χ0n) is 29.6. The van der Waals surface area contributed by atoms with Gasteiger partial charge in [0.2, 0.25) is 23.3 Å². The van der Waals surface area contributed by atoms with Gasteiger partial charge in [0, 0.05) is 11.1 Å². The number of fused-ring (bicyclic) bond motifs is 2. The third-order valence-corrected chi connectivity index (χ3v) is 8.49. The lowest BCUT2D eigenvalue weighted by Crippen LogP contribution is -2.24. The number of rotatable bonds is 14. The van der Waals surface area contributed by atoms with Gasteiger partial charge >= 0.3 is 0 Å². The molecule has 272 valence electrons. The Kier molecular flexibility index (Phi) is 18.9. The van der Waals surface area contributed by atoms with E-state index in [-0.39, 0.29) is 29.5 Å². The molecule has 2 aromatic carbocycles. The van der Waals surface area contributed by atoms with E-state index in [1.807, 2.05) is 13.8 Å². The van der Waals surface area contributed by atoms with Crippen molar-refractivity contribution in [1.82, 2.24) is 0 Å². The topological polar surface area (TPSA) is 68.2 Å². The Bertz CT molecular complexity index is 1380. The molecule has 49 heavy (non-hydrogen) atoms. The zero-order chi connectivity index (χ0) is 36.3. The maximum absolute atomic E-state index is 14.4. The maximum atomic E-state index is 14.4. The normalized spacial score (nSPS) is 17.1. The predicted octanol–water partition coefficient (Wildman–Crippen LogP) is 10.1. The van der Waals surface area contributed by atoms with Gasteiger partial charge in [-0.25, -0.2) is 0 Å². The predicted molar refractivity (Wildman–Crippen MR) is 186 cm³/mol. The fraction of sp³-hybridized carbons (Fsp3) is 0.600. The number of terminal acetylenes is 2. The molecule has 0 aromatic heterocycles. The van der Waals surface area contributed by atoms with Crippen LogP contribution in [0.1, 0.15) is 129 Å². The average Bonchev–Trinajstić information content (AvgIpc) is 3.10. The molecule has 5 nitrogen and oxygen atoms in total. The molecule has 2 aliphatic heterocycles. The average molecular weight is 691 g/mol. The lowest BCUT2D eigenvalue weighted by Gasteiger charge is -2.27. The molecule has 0 saturated heterocycles. The number of phenols is 1. The van der Waals surface area contributed by atoms with E-state index in [0.717, 1.165) is 83.5 Å². The summed E-state index contributed by atoms with van der Waals surface area (Å²) in [6.45, 7) is 8.20. The molecule has 4 unspecified atom stereocenters. The van der Waals surface area contributed by atoms with Crippen molar-refractivity contribution < 1.29 is 42.0 Å². The van der Waals surface area contributed by atoms with Crippen molar-refractivity contribution >= 4 is 0 Å². The molecule has 0 amide bonds. The monoisotopic (exact) mass is 690 g/mol. The first kappa shape index (κ1) is 41.6. The van der Waals surface area contributed by atoms with Gasteiger partial charge in [0.05, 0.1) is 12.2 Å². The number of unbranched alkanes of at least 4 members (excludes halogenated alkanes) is 4. The van der Waals surface area contributed by atoms with Crippen molar-refractivity contribution in [3.63, 3.8) is 0 Å². The number of aromatic hydroxyl groups is 1. The van der Waals surface area contributed by atoms with Crippen LogP contribution in [0.3, 0.4) is 0 Å². The summed E-state index contributed by atoms with van der Waals surface area (Å²) in [5.41, 5.74) is 1.21. The summed E-state index contributed by atoms with van der Waals surface area (Å²) in [5, 5.41) is 17.8. The standard InChI is InChI=1S/C20H26F2O2.C14H18F2O2.C6H10O/c1-4-7-8-10-16-12-11-14-13-17(23-15(6-3)9-5-2)18(21)19(22)20(14)24-16;1-2-3-4-5-10-7-6-9-8-11(17)12(15)13(16)14(9)18-10;1-3-5-6(7)4-2/h3,13,15-16H,4-5,7-12H2,1-2H3;8,10,17H,2-7H2,1H3;2,6-7H,3,5H2,1H3. The number of halogens is 4. The Balaban J connectivity index is 0.000000293. The van der Waals surface area contributed by atoms with Gasteiger partial charge in [-0.15, -0.1) is 12.8 Å². The molecule has 2 aromatic rings. The molecule has 0 radical (unpaired) electrons. The molecule has 0 spiro atoms. The van der Waals surface area contributed by atoms with Crippen molar-refractivity contribution in [2.24, 2.45) is 0 Å². The first-order chi connectivity index (χ1) is 23.5. The number of aliphatic hydroxyl groups is 1. The molecule has 0 aliphatic carbocycles. The van der Waals surface area contributed by atoms with E-state index in [4.69, 9.17) is 32.2 Å². The minimum atomic E-state index is -1.22. The van der Waals surface area contributed by atoms with Crippen LogP contribution in [0.15, 0.2) is 12.1 Å². The number of aliphatic hydroxyl groups excluding tert-OH is 1. The number of aryl methyl sites for hydroxylation is 2. The highest BCUT2D eigenvalue weighted by Crippen LogP contribution is 2.39. The molecule has 2 aliphatic rings. The van der Waals surface area contributed by atoms with Crippen molar-refractivity contribution in [2.45, 2.75) is 155 Å². The van der Waals surface area contributed by atoms with Crippen LogP contribution in [-0.4, -0.2) is 34.6 Å². The molecule has 2 heterocycles. The lowest BCUT2D eigenvalue weighted by atomic mass is 9.98. The highest BCUT2D eigenvalue weighted by molar-refractivity contribution is 5.45. The minimum absolute atomic E-state index is 0.0157. The van der Waals surface area contributed by atoms with E-state index in [2.05, 4.69) is 25.7 Å². The summed E-state index contributed by atoms with van der Waals surface area (Å²) in [6, 6.07) is 2.80. The number of hydrogen-bond acceptors (Lipinski definition) is 5. The van der Waals surface area contributed by atoms with E-state index < -0.39 is 41.2 Å². The van der Waals surface area contributed by atoms with Gasteiger partial charge in [-0.1, -0.05) is 78.1 Å². The Labute approximate surface area is 290 Å². The van der Waals surface area contributed by atoms with E-state index in [1.54, 1.807) is 0 Å². The van der Waals surface area contributed by atoms with Crippen LogP contribution in [-0.2, 0) is 12.8 Å². The van der Waals surface area contributed by atoms with Gasteiger partial charge in [0.15, 0.2) is 29.1 Å². The molecular formula is C40H54F4O5. The third-order valence-electron chi connectivity index (χ3n) is 8.49. The van der Waals surface area contributed by atoms with Crippen molar-refractivity contribution in [1.29, 1.82) is 0 Å². The fourth-order valence-corrected chi connectivity index (χ4v) is 5.68. The van der Waals surface area contributed by atoms with Gasteiger partial charge in [0.1, 0.15) is 6.10 Å². The summed E-state index contributed by atoms with van der Waals surface area (Å²) in [6.07, 6.45) is 23.4.